The second kappa shape index (κ2) is 6.60. The van der Waals surface area contributed by atoms with Gasteiger partial charge in [-0.05, 0) is 44.5 Å². The van der Waals surface area contributed by atoms with Crippen molar-refractivity contribution in [2.75, 3.05) is 13.2 Å². The van der Waals surface area contributed by atoms with Crippen LogP contribution >= 0.6 is 23.2 Å². The molecule has 96 valence electrons. The number of benzene rings is 1. The Morgan fingerprint density at radius 3 is 2.65 bits per heavy atom. The fourth-order valence-corrected chi connectivity index (χ4v) is 2.00. The minimum atomic E-state index is -0.167. The van der Waals surface area contributed by atoms with Crippen LogP contribution in [0.1, 0.15) is 26.3 Å². The normalized spacial score (nSPS) is 11.8. The van der Waals surface area contributed by atoms with E-state index in [2.05, 4.69) is 19.2 Å². The van der Waals surface area contributed by atoms with Crippen LogP contribution in [-0.2, 0) is 11.3 Å². The molecule has 0 bridgehead atoms. The summed E-state index contributed by atoms with van der Waals surface area (Å²) >= 11 is 12.0. The first-order valence-electron chi connectivity index (χ1n) is 5.73. The quantitative estimate of drug-likeness (QED) is 0.850. The van der Waals surface area contributed by atoms with Gasteiger partial charge in [-0.15, -0.1) is 0 Å². The van der Waals surface area contributed by atoms with Crippen LogP contribution < -0.4 is 5.32 Å². The average Bonchev–Trinajstić information content (AvgIpc) is 2.23. The van der Waals surface area contributed by atoms with Crippen LogP contribution in [0.4, 0.5) is 0 Å². The highest BCUT2D eigenvalue weighted by Crippen LogP contribution is 2.20. The molecule has 1 aromatic carbocycles. The maximum absolute atomic E-state index is 6.08. The smallest absolute Gasteiger partial charge is 0.0750 e. The van der Waals surface area contributed by atoms with Gasteiger partial charge in [0.05, 0.1) is 5.60 Å². The lowest BCUT2D eigenvalue weighted by Gasteiger charge is -2.25. The Kier molecular flexibility index (Phi) is 5.74. The number of hydrogen-bond donors (Lipinski definition) is 1. The highest BCUT2D eigenvalue weighted by molar-refractivity contribution is 6.33. The van der Waals surface area contributed by atoms with E-state index in [9.17, 15) is 0 Å². The summed E-state index contributed by atoms with van der Waals surface area (Å²) in [6.07, 6.45) is 0. The minimum absolute atomic E-state index is 0.167. The molecule has 0 heterocycles. The molecule has 0 amide bonds. The average molecular weight is 276 g/mol. The SMILES string of the molecule is CCOC(C)(C)CNCc1cc(Cl)ccc1Cl. The summed E-state index contributed by atoms with van der Waals surface area (Å²) in [6, 6.07) is 5.48. The topological polar surface area (TPSA) is 21.3 Å². The number of hydrogen-bond acceptors (Lipinski definition) is 2. The lowest BCUT2D eigenvalue weighted by molar-refractivity contribution is -0.00897. The molecule has 0 spiro atoms. The van der Waals surface area contributed by atoms with Crippen molar-refractivity contribution in [1.29, 1.82) is 0 Å². The molecule has 0 atom stereocenters. The second-order valence-electron chi connectivity index (χ2n) is 4.53. The highest BCUT2D eigenvalue weighted by atomic mass is 35.5. The van der Waals surface area contributed by atoms with Gasteiger partial charge < -0.3 is 10.1 Å². The van der Waals surface area contributed by atoms with E-state index in [1.54, 1.807) is 6.07 Å². The summed E-state index contributed by atoms with van der Waals surface area (Å²) in [5.74, 6) is 0. The molecule has 0 aliphatic carbocycles. The Bertz CT molecular complexity index is 366. The predicted molar refractivity (Wildman–Crippen MR) is 73.9 cm³/mol. The summed E-state index contributed by atoms with van der Waals surface area (Å²) < 4.78 is 5.60. The molecule has 1 rings (SSSR count). The van der Waals surface area contributed by atoms with E-state index in [1.807, 2.05) is 19.1 Å². The molecule has 4 heteroatoms. The van der Waals surface area contributed by atoms with Crippen molar-refractivity contribution in [2.24, 2.45) is 0 Å². The predicted octanol–water partition coefficient (Wildman–Crippen LogP) is 3.90. The van der Waals surface area contributed by atoms with Gasteiger partial charge in [0.15, 0.2) is 0 Å². The second-order valence-corrected chi connectivity index (χ2v) is 5.38. The zero-order chi connectivity index (χ0) is 12.9. The van der Waals surface area contributed by atoms with Crippen LogP contribution in [0.5, 0.6) is 0 Å². The summed E-state index contributed by atoms with van der Waals surface area (Å²) in [6.45, 7) is 8.29. The molecule has 1 aromatic rings. The van der Waals surface area contributed by atoms with Gasteiger partial charge in [0, 0.05) is 29.7 Å². The largest absolute Gasteiger partial charge is 0.375 e. The van der Waals surface area contributed by atoms with Gasteiger partial charge in [0.25, 0.3) is 0 Å². The standard InChI is InChI=1S/C13H19Cl2NO/c1-4-17-13(2,3)9-16-8-10-7-11(14)5-6-12(10)15/h5-7,16H,4,8-9H2,1-3H3. The first kappa shape index (κ1) is 14.8. The third-order valence-electron chi connectivity index (χ3n) is 2.41. The van der Waals surface area contributed by atoms with Crippen LogP contribution in [0, 0.1) is 0 Å². The fourth-order valence-electron chi connectivity index (χ4n) is 1.62. The number of ether oxygens (including phenoxy) is 1. The Balaban J connectivity index is 2.48. The van der Waals surface area contributed by atoms with Crippen molar-refractivity contribution >= 4 is 23.2 Å². The fraction of sp³-hybridized carbons (Fsp3) is 0.538. The van der Waals surface area contributed by atoms with Gasteiger partial charge in [-0.2, -0.15) is 0 Å². The van der Waals surface area contributed by atoms with Crippen molar-refractivity contribution in [2.45, 2.75) is 32.9 Å². The van der Waals surface area contributed by atoms with Crippen molar-refractivity contribution in [3.05, 3.63) is 33.8 Å². The third kappa shape index (κ3) is 5.26. The molecule has 0 fully saturated rings. The van der Waals surface area contributed by atoms with E-state index in [0.717, 1.165) is 17.1 Å². The molecule has 2 nitrogen and oxygen atoms in total. The Morgan fingerprint density at radius 1 is 1.29 bits per heavy atom. The van der Waals surface area contributed by atoms with Crippen LogP contribution in [0.15, 0.2) is 18.2 Å². The first-order valence-corrected chi connectivity index (χ1v) is 6.49. The van der Waals surface area contributed by atoms with Crippen molar-refractivity contribution in [1.82, 2.24) is 5.32 Å². The monoisotopic (exact) mass is 275 g/mol. The summed E-state index contributed by atoms with van der Waals surface area (Å²) in [4.78, 5) is 0. The van der Waals surface area contributed by atoms with Crippen LogP contribution in [0.2, 0.25) is 10.0 Å². The lowest BCUT2D eigenvalue weighted by atomic mass is 10.1. The van der Waals surface area contributed by atoms with Crippen LogP contribution in [0.3, 0.4) is 0 Å². The number of rotatable bonds is 6. The van der Waals surface area contributed by atoms with E-state index >= 15 is 0 Å². The molecular weight excluding hydrogens is 257 g/mol. The zero-order valence-corrected chi connectivity index (χ0v) is 12.0. The molecule has 0 aromatic heterocycles. The van der Waals surface area contributed by atoms with Crippen LogP contribution in [0.25, 0.3) is 0 Å². The van der Waals surface area contributed by atoms with Crippen molar-refractivity contribution in [3.63, 3.8) is 0 Å². The molecule has 0 saturated carbocycles. The summed E-state index contributed by atoms with van der Waals surface area (Å²) in [7, 11) is 0. The van der Waals surface area contributed by atoms with E-state index in [-0.39, 0.29) is 5.60 Å². The van der Waals surface area contributed by atoms with Gasteiger partial charge >= 0.3 is 0 Å². The third-order valence-corrected chi connectivity index (χ3v) is 3.01. The van der Waals surface area contributed by atoms with Gasteiger partial charge in [0.1, 0.15) is 0 Å². The molecular formula is C13H19Cl2NO. The molecule has 17 heavy (non-hydrogen) atoms. The minimum Gasteiger partial charge on any atom is -0.375 e. The van der Waals surface area contributed by atoms with E-state index in [0.29, 0.717) is 18.2 Å². The van der Waals surface area contributed by atoms with Gasteiger partial charge in [-0.25, -0.2) is 0 Å². The van der Waals surface area contributed by atoms with E-state index in [4.69, 9.17) is 27.9 Å². The lowest BCUT2D eigenvalue weighted by Crippen LogP contribution is -2.37. The molecule has 0 aliphatic rings. The molecule has 0 aliphatic heterocycles. The Labute approximate surface area is 113 Å². The molecule has 0 saturated heterocycles. The van der Waals surface area contributed by atoms with Gasteiger partial charge in [-0.3, -0.25) is 0 Å². The van der Waals surface area contributed by atoms with E-state index < -0.39 is 0 Å². The van der Waals surface area contributed by atoms with Gasteiger partial charge in [0.2, 0.25) is 0 Å². The first-order chi connectivity index (χ1) is 7.94. The Morgan fingerprint density at radius 2 is 2.00 bits per heavy atom. The Hall–Kier alpha value is -0.280. The maximum atomic E-state index is 6.08. The zero-order valence-electron chi connectivity index (χ0n) is 10.5. The molecule has 0 unspecified atom stereocenters. The van der Waals surface area contributed by atoms with Crippen LogP contribution in [-0.4, -0.2) is 18.8 Å². The summed E-state index contributed by atoms with van der Waals surface area (Å²) in [5, 5.41) is 4.76. The molecule has 0 radical (unpaired) electrons. The van der Waals surface area contributed by atoms with Gasteiger partial charge in [-0.1, -0.05) is 23.2 Å². The van der Waals surface area contributed by atoms with E-state index in [1.165, 1.54) is 0 Å². The number of nitrogens with one attached hydrogen (secondary N) is 1. The molecule has 1 N–H and O–H groups in total. The highest BCUT2D eigenvalue weighted by Gasteiger charge is 2.16. The van der Waals surface area contributed by atoms with Crippen molar-refractivity contribution < 1.29 is 4.74 Å². The maximum Gasteiger partial charge on any atom is 0.0750 e. The summed E-state index contributed by atoms with van der Waals surface area (Å²) in [5.41, 5.74) is 0.839. The van der Waals surface area contributed by atoms with Crippen molar-refractivity contribution in [3.8, 4) is 0 Å². The number of halogens is 2.